The number of hydrogen-bond donors (Lipinski definition) is 0. The second-order valence-electron chi connectivity index (χ2n) is 1.000. The van der Waals surface area contributed by atoms with Crippen molar-refractivity contribution in [3.8, 4) is 0 Å². The Bertz CT molecular complexity index is 5.61. The van der Waals surface area contributed by atoms with E-state index in [9.17, 15) is 0 Å². The molecule has 0 aromatic rings. The van der Waals surface area contributed by atoms with Crippen molar-refractivity contribution in [2.75, 3.05) is 0 Å². The summed E-state index contributed by atoms with van der Waals surface area (Å²) < 4.78 is 0. The average molecular weight is 170 g/mol. The van der Waals surface area contributed by atoms with E-state index in [1.807, 2.05) is 0 Å². The van der Waals surface area contributed by atoms with Crippen LogP contribution in [0.2, 0.25) is 0 Å². The van der Waals surface area contributed by atoms with Crippen LogP contribution >= 0.6 is 0 Å². The Hall–Kier alpha value is 1.58. The summed E-state index contributed by atoms with van der Waals surface area (Å²) in [7, 11) is 4.78. The molecule has 5 heavy (non-hydrogen) atoms. The topological polar surface area (TPSA) is 0 Å². The Labute approximate surface area is 58.2 Å². The van der Waals surface area contributed by atoms with Crippen molar-refractivity contribution in [2.45, 2.75) is 0 Å². The molecule has 0 rings (SSSR count). The SMILES string of the molecule is [SiH3][SiH2][SiH2][SiH3].[Ti]. The minimum atomic E-state index is 0. The van der Waals surface area contributed by atoms with E-state index in [0.717, 1.165) is 17.1 Å². The normalized spacial score (nSPS) is 12.0. The van der Waals surface area contributed by atoms with Crippen molar-refractivity contribution in [1.29, 1.82) is 0 Å². The first-order valence-electron chi connectivity index (χ1n) is 1.91. The second-order valence-corrected chi connectivity index (χ2v) is 27.0. The maximum absolute atomic E-state index is 1.62. The molecule has 5 heteroatoms. The van der Waals surface area contributed by atoms with Gasteiger partial charge in [-0.05, 0) is 36.6 Å². The molecular weight excluding hydrogens is 160 g/mol. The summed E-state index contributed by atoms with van der Waals surface area (Å²) >= 11 is 0. The van der Waals surface area contributed by atoms with Gasteiger partial charge in [0.25, 0.3) is 0 Å². The van der Waals surface area contributed by atoms with Crippen LogP contribution in [0.5, 0.6) is 0 Å². The summed E-state index contributed by atoms with van der Waals surface area (Å²) in [6, 6.07) is 0. The first kappa shape index (κ1) is 9.77. The first-order chi connectivity index (χ1) is 1.91. The van der Waals surface area contributed by atoms with Crippen LogP contribution in [-0.4, -0.2) is 36.6 Å². The van der Waals surface area contributed by atoms with Crippen molar-refractivity contribution < 1.29 is 21.7 Å². The molecule has 0 saturated carbocycles. The van der Waals surface area contributed by atoms with Crippen molar-refractivity contribution >= 4 is 36.6 Å². The fraction of sp³-hybridized carbons (Fsp3) is 0. The van der Waals surface area contributed by atoms with E-state index in [4.69, 9.17) is 0 Å². The van der Waals surface area contributed by atoms with Gasteiger partial charge < -0.3 is 0 Å². The van der Waals surface area contributed by atoms with Crippen LogP contribution in [-0.2, 0) is 21.7 Å². The fourth-order valence-corrected chi connectivity index (χ4v) is 0. The van der Waals surface area contributed by atoms with E-state index in [1.165, 1.54) is 0 Å². The predicted octanol–water partition coefficient (Wildman–Crippen LogP) is -4.20. The monoisotopic (exact) mass is 170 g/mol. The molecule has 0 nitrogen and oxygen atoms in total. The molecule has 0 aliphatic carbocycles. The molecular formula is H10Si4Ti. The average Bonchev–Trinajstić information content (AvgIpc) is 1.37. The molecule has 0 heterocycles. The third-order valence-electron chi connectivity index (χ3n) is 0.500. The summed E-state index contributed by atoms with van der Waals surface area (Å²) in [4.78, 5) is 0. The molecule has 0 fully saturated rings. The van der Waals surface area contributed by atoms with Gasteiger partial charge in [-0.1, -0.05) is 0 Å². The van der Waals surface area contributed by atoms with Gasteiger partial charge in [0.2, 0.25) is 0 Å². The van der Waals surface area contributed by atoms with Gasteiger partial charge in [0.05, 0.1) is 0 Å². The minimum Gasteiger partial charge on any atom is -0.0120 e. The molecule has 0 radical (unpaired) electrons. The van der Waals surface area contributed by atoms with Gasteiger partial charge in [0.1, 0.15) is 0 Å². The first-order valence-corrected chi connectivity index (χ1v) is 17.2. The van der Waals surface area contributed by atoms with Crippen molar-refractivity contribution in [1.82, 2.24) is 0 Å². The van der Waals surface area contributed by atoms with E-state index >= 15 is 0 Å². The van der Waals surface area contributed by atoms with Gasteiger partial charge in [-0.25, -0.2) is 0 Å². The van der Waals surface area contributed by atoms with Crippen molar-refractivity contribution in [3.63, 3.8) is 0 Å². The van der Waals surface area contributed by atoms with Crippen molar-refractivity contribution in [2.24, 2.45) is 0 Å². The minimum absolute atomic E-state index is 0. The number of hydrogen-bond acceptors (Lipinski definition) is 0. The molecule has 0 atom stereocenters. The molecule has 0 N–H and O–H groups in total. The Morgan fingerprint density at radius 1 is 1.00 bits per heavy atom. The van der Waals surface area contributed by atoms with Gasteiger partial charge in [-0.3, -0.25) is 0 Å². The largest absolute Gasteiger partial charge is 0.0120 e. The van der Waals surface area contributed by atoms with Crippen LogP contribution < -0.4 is 0 Å². The quantitative estimate of drug-likeness (QED) is 0.350. The summed E-state index contributed by atoms with van der Waals surface area (Å²) in [5.74, 6) is 0. The second kappa shape index (κ2) is 9.13. The van der Waals surface area contributed by atoms with Gasteiger partial charge in [-0.2, -0.15) is 0 Å². The zero-order valence-corrected chi connectivity index (χ0v) is 12.3. The Morgan fingerprint density at radius 2 is 1.20 bits per heavy atom. The van der Waals surface area contributed by atoms with E-state index in [1.54, 1.807) is 19.5 Å². The molecule has 30 valence electrons. The predicted molar refractivity (Wildman–Crippen MR) is 37.0 cm³/mol. The Balaban J connectivity index is 0. The standard InChI is InChI=1S/H10Si4.Ti/c1-3-4-2;/h3-4H2,1-2H3;. The Morgan fingerprint density at radius 3 is 1.20 bits per heavy atom. The summed E-state index contributed by atoms with van der Waals surface area (Å²) in [5.41, 5.74) is 0. The van der Waals surface area contributed by atoms with Crippen LogP contribution in [0.3, 0.4) is 0 Å². The van der Waals surface area contributed by atoms with E-state index in [2.05, 4.69) is 0 Å². The van der Waals surface area contributed by atoms with Crippen LogP contribution in [0, 0.1) is 0 Å². The molecule has 0 spiro atoms. The molecule has 0 amide bonds. The van der Waals surface area contributed by atoms with E-state index < -0.39 is 0 Å². The molecule has 0 aromatic heterocycles. The molecule has 0 aliphatic heterocycles. The smallest absolute Gasteiger partial charge is 0 e. The molecule has 0 bridgehead atoms. The summed E-state index contributed by atoms with van der Waals surface area (Å²) in [5, 5.41) is 0. The number of rotatable bonds is 1. The zero-order valence-electron chi connectivity index (χ0n) is 3.91. The van der Waals surface area contributed by atoms with Gasteiger partial charge in [0, 0.05) is 21.7 Å². The third kappa shape index (κ3) is 10.7. The van der Waals surface area contributed by atoms with Gasteiger partial charge in [-0.15, -0.1) is 0 Å². The third-order valence-corrected chi connectivity index (χ3v) is 40.5. The van der Waals surface area contributed by atoms with Gasteiger partial charge in [0.15, 0.2) is 0 Å². The summed E-state index contributed by atoms with van der Waals surface area (Å²) in [6.45, 7) is 0. The van der Waals surface area contributed by atoms with Crippen LogP contribution in [0.15, 0.2) is 0 Å². The van der Waals surface area contributed by atoms with Crippen LogP contribution in [0.1, 0.15) is 0 Å². The van der Waals surface area contributed by atoms with Gasteiger partial charge >= 0.3 is 0 Å². The molecule has 0 aromatic carbocycles. The van der Waals surface area contributed by atoms with E-state index in [0.29, 0.717) is 0 Å². The van der Waals surface area contributed by atoms with Crippen LogP contribution in [0.4, 0.5) is 0 Å². The van der Waals surface area contributed by atoms with Crippen LogP contribution in [0.25, 0.3) is 0 Å². The fourth-order valence-electron chi connectivity index (χ4n) is 0. The summed E-state index contributed by atoms with van der Waals surface area (Å²) in [6.07, 6.45) is 0. The maximum Gasteiger partial charge on any atom is 0 e. The molecule has 0 saturated heterocycles. The molecule has 0 unspecified atom stereocenters. The zero-order chi connectivity index (χ0) is 3.41. The molecule has 0 aliphatic rings. The maximum atomic E-state index is 1.62. The Kier molecular flexibility index (Phi) is 17.8. The van der Waals surface area contributed by atoms with E-state index in [-0.39, 0.29) is 21.7 Å². The van der Waals surface area contributed by atoms with Crippen molar-refractivity contribution in [3.05, 3.63) is 0 Å².